The van der Waals surface area contributed by atoms with Gasteiger partial charge in [-0.05, 0) is 36.6 Å². The van der Waals surface area contributed by atoms with Gasteiger partial charge >= 0.3 is 0 Å². The molecule has 1 aromatic rings. The third-order valence-electron chi connectivity index (χ3n) is 3.10. The molecule has 0 aromatic heterocycles. The summed E-state index contributed by atoms with van der Waals surface area (Å²) in [5.41, 5.74) is 1.17. The van der Waals surface area contributed by atoms with Crippen LogP contribution in [0.2, 0.25) is 5.02 Å². The lowest BCUT2D eigenvalue weighted by Gasteiger charge is -2.26. The zero-order valence-corrected chi connectivity index (χ0v) is 12.1. The first-order valence-corrected chi connectivity index (χ1v) is 7.78. The normalized spacial score (nSPS) is 18.2. The summed E-state index contributed by atoms with van der Waals surface area (Å²) in [5, 5.41) is 3.87. The molecular formula is C14H18ClNOS. The zero-order valence-electron chi connectivity index (χ0n) is 10.5. The first kappa shape index (κ1) is 13.8. The number of amides is 1. The van der Waals surface area contributed by atoms with E-state index < -0.39 is 0 Å². The molecule has 18 heavy (non-hydrogen) atoms. The summed E-state index contributed by atoms with van der Waals surface area (Å²) in [6.45, 7) is 2.10. The highest BCUT2D eigenvalue weighted by atomic mass is 35.5. The molecular weight excluding hydrogens is 266 g/mol. The van der Waals surface area contributed by atoms with Gasteiger partial charge < -0.3 is 5.32 Å². The molecule has 0 radical (unpaired) electrons. The summed E-state index contributed by atoms with van der Waals surface area (Å²) in [4.78, 5) is 13.1. The molecule has 98 valence electrons. The Bertz CT molecular complexity index is 436. The number of unbranched alkanes of at least 4 members (excludes halogenated alkanes) is 1. The average Bonchev–Trinajstić information content (AvgIpc) is 2.37. The van der Waals surface area contributed by atoms with E-state index in [2.05, 4.69) is 12.2 Å². The van der Waals surface area contributed by atoms with Gasteiger partial charge in [0.15, 0.2) is 0 Å². The van der Waals surface area contributed by atoms with E-state index in [9.17, 15) is 4.79 Å². The molecule has 4 heteroatoms. The quantitative estimate of drug-likeness (QED) is 0.898. The smallest absolute Gasteiger partial charge is 0.220 e. The molecule has 1 aromatic carbocycles. The van der Waals surface area contributed by atoms with E-state index in [4.69, 9.17) is 11.6 Å². The lowest BCUT2D eigenvalue weighted by molar-refractivity contribution is -0.122. The van der Waals surface area contributed by atoms with Crippen molar-refractivity contribution in [3.63, 3.8) is 0 Å². The molecule has 0 unspecified atom stereocenters. The molecule has 1 amide bonds. The molecule has 1 aliphatic heterocycles. The van der Waals surface area contributed by atoms with Gasteiger partial charge in [-0.3, -0.25) is 4.79 Å². The van der Waals surface area contributed by atoms with Crippen molar-refractivity contribution in [3.05, 3.63) is 28.8 Å². The maximum Gasteiger partial charge on any atom is 0.220 e. The molecule has 1 atom stereocenters. The third kappa shape index (κ3) is 3.42. The monoisotopic (exact) mass is 283 g/mol. The largest absolute Gasteiger partial charge is 0.349 e. The van der Waals surface area contributed by atoms with E-state index in [1.54, 1.807) is 0 Å². The van der Waals surface area contributed by atoms with Crippen molar-refractivity contribution >= 4 is 29.3 Å². The minimum absolute atomic E-state index is 0.129. The van der Waals surface area contributed by atoms with Gasteiger partial charge in [-0.2, -0.15) is 0 Å². The highest BCUT2D eigenvalue weighted by Crippen LogP contribution is 2.37. The maximum atomic E-state index is 11.8. The van der Waals surface area contributed by atoms with Gasteiger partial charge in [-0.1, -0.05) is 24.9 Å². The minimum atomic E-state index is 0.129. The van der Waals surface area contributed by atoms with Crippen LogP contribution in [0, 0.1) is 0 Å². The Balaban J connectivity index is 2.07. The topological polar surface area (TPSA) is 29.1 Å². The molecule has 0 saturated carbocycles. The van der Waals surface area contributed by atoms with E-state index in [0.29, 0.717) is 6.42 Å². The van der Waals surface area contributed by atoms with Crippen LogP contribution >= 0.6 is 23.4 Å². The predicted molar refractivity (Wildman–Crippen MR) is 77.2 cm³/mol. The van der Waals surface area contributed by atoms with Crippen molar-refractivity contribution in [1.29, 1.82) is 0 Å². The number of hydrogen-bond acceptors (Lipinski definition) is 2. The number of rotatable bonds is 4. The van der Waals surface area contributed by atoms with Gasteiger partial charge in [0.25, 0.3) is 0 Å². The fourth-order valence-corrected chi connectivity index (χ4v) is 3.41. The highest BCUT2D eigenvalue weighted by Gasteiger charge is 2.22. The number of carbonyl (C=O) groups is 1. The first-order valence-electron chi connectivity index (χ1n) is 6.42. The fraction of sp³-hybridized carbons (Fsp3) is 0.500. The van der Waals surface area contributed by atoms with Crippen molar-refractivity contribution < 1.29 is 4.79 Å². The van der Waals surface area contributed by atoms with Gasteiger partial charge in [0.05, 0.1) is 6.04 Å². The Morgan fingerprint density at radius 1 is 1.56 bits per heavy atom. The second-order valence-corrected chi connectivity index (χ2v) is 6.12. The van der Waals surface area contributed by atoms with Crippen LogP contribution in [0.15, 0.2) is 23.1 Å². The predicted octanol–water partition coefficient (Wildman–Crippen LogP) is 4.18. The summed E-state index contributed by atoms with van der Waals surface area (Å²) in [7, 11) is 0. The van der Waals surface area contributed by atoms with Gasteiger partial charge in [-0.25, -0.2) is 0 Å². The lowest BCUT2D eigenvalue weighted by atomic mass is 10.0. The second kappa shape index (κ2) is 6.48. The third-order valence-corrected chi connectivity index (χ3v) is 4.46. The van der Waals surface area contributed by atoms with E-state index in [-0.39, 0.29) is 11.9 Å². The van der Waals surface area contributed by atoms with Gasteiger partial charge in [0, 0.05) is 22.1 Å². The van der Waals surface area contributed by atoms with Crippen molar-refractivity contribution in [2.24, 2.45) is 0 Å². The van der Waals surface area contributed by atoms with Crippen molar-refractivity contribution in [2.75, 3.05) is 5.75 Å². The van der Waals surface area contributed by atoms with E-state index >= 15 is 0 Å². The summed E-state index contributed by atoms with van der Waals surface area (Å²) >= 11 is 7.88. The maximum absolute atomic E-state index is 11.8. The molecule has 1 N–H and O–H groups in total. The molecule has 0 aliphatic carbocycles. The molecule has 2 nitrogen and oxygen atoms in total. The van der Waals surface area contributed by atoms with Crippen LogP contribution in [0.5, 0.6) is 0 Å². The Labute approximate surface area is 117 Å². The van der Waals surface area contributed by atoms with Gasteiger partial charge in [0.2, 0.25) is 5.91 Å². The number of halogens is 1. The molecule has 1 aliphatic rings. The SMILES string of the molecule is CCCCC(=O)N[C@H]1CCSc2ccc(Cl)cc21. The van der Waals surface area contributed by atoms with Crippen LogP contribution in [0.1, 0.15) is 44.2 Å². The minimum Gasteiger partial charge on any atom is -0.349 e. The number of carbonyl (C=O) groups excluding carboxylic acids is 1. The number of nitrogens with one attached hydrogen (secondary N) is 1. The van der Waals surface area contributed by atoms with E-state index in [0.717, 1.165) is 30.0 Å². The Morgan fingerprint density at radius 2 is 2.39 bits per heavy atom. The molecule has 2 rings (SSSR count). The van der Waals surface area contributed by atoms with Crippen molar-refractivity contribution in [1.82, 2.24) is 5.32 Å². The summed E-state index contributed by atoms with van der Waals surface area (Å²) in [6.07, 6.45) is 3.61. The number of thioether (sulfide) groups is 1. The average molecular weight is 284 g/mol. The zero-order chi connectivity index (χ0) is 13.0. The van der Waals surface area contributed by atoms with Crippen LogP contribution in [0.25, 0.3) is 0 Å². The van der Waals surface area contributed by atoms with E-state index in [1.165, 1.54) is 10.5 Å². The van der Waals surface area contributed by atoms with Crippen LogP contribution < -0.4 is 5.32 Å². The first-order chi connectivity index (χ1) is 8.70. The van der Waals surface area contributed by atoms with Crippen LogP contribution in [-0.2, 0) is 4.79 Å². The lowest BCUT2D eigenvalue weighted by Crippen LogP contribution is -2.30. The standard InChI is InChI=1S/C14H18ClNOS/c1-2-3-4-14(17)16-12-7-8-18-13-6-5-10(15)9-11(12)13/h5-6,9,12H,2-4,7-8H2,1H3,(H,16,17)/t12-/m0/s1. The van der Waals surface area contributed by atoms with Crippen LogP contribution in [-0.4, -0.2) is 11.7 Å². The second-order valence-electron chi connectivity index (χ2n) is 4.54. The van der Waals surface area contributed by atoms with Crippen molar-refractivity contribution in [3.8, 4) is 0 Å². The fourth-order valence-electron chi connectivity index (χ4n) is 2.12. The highest BCUT2D eigenvalue weighted by molar-refractivity contribution is 7.99. The number of fused-ring (bicyclic) bond motifs is 1. The Hall–Kier alpha value is -0.670. The molecule has 0 bridgehead atoms. The van der Waals surface area contributed by atoms with Gasteiger partial charge in [0.1, 0.15) is 0 Å². The van der Waals surface area contributed by atoms with Crippen molar-refractivity contribution in [2.45, 2.75) is 43.5 Å². The summed E-state index contributed by atoms with van der Waals surface area (Å²) < 4.78 is 0. The summed E-state index contributed by atoms with van der Waals surface area (Å²) in [5.74, 6) is 1.20. The molecule has 0 spiro atoms. The van der Waals surface area contributed by atoms with Gasteiger partial charge in [-0.15, -0.1) is 11.8 Å². The molecule has 1 heterocycles. The van der Waals surface area contributed by atoms with Crippen LogP contribution in [0.4, 0.5) is 0 Å². The molecule has 0 saturated heterocycles. The number of benzene rings is 1. The molecule has 0 fully saturated rings. The summed E-state index contributed by atoms with van der Waals surface area (Å²) in [6, 6.07) is 6.07. The Kier molecular flexibility index (Phi) is 4.95. The number of hydrogen-bond donors (Lipinski definition) is 1. The Morgan fingerprint density at radius 3 is 3.17 bits per heavy atom. The van der Waals surface area contributed by atoms with E-state index in [1.807, 2.05) is 30.0 Å². The van der Waals surface area contributed by atoms with Crippen LogP contribution in [0.3, 0.4) is 0 Å².